The third-order valence-electron chi connectivity index (χ3n) is 5.09. The van der Waals surface area contributed by atoms with E-state index < -0.39 is 0 Å². The Labute approximate surface area is 187 Å². The molecule has 1 aliphatic rings. The van der Waals surface area contributed by atoms with Gasteiger partial charge in [-0.05, 0) is 31.9 Å². The zero-order valence-electron chi connectivity index (χ0n) is 17.8. The van der Waals surface area contributed by atoms with Gasteiger partial charge in [0.15, 0.2) is 5.96 Å². The maximum atomic E-state index is 5.69. The van der Waals surface area contributed by atoms with Gasteiger partial charge >= 0.3 is 0 Å². The number of nitrogens with zero attached hydrogens (tertiary/aromatic N) is 3. The standard InChI is InChI=1S/C21H36N4O2.HI/c1-5-24(20-9-7-6-8-18(20)2)13-11-23-21(22-3)25-12-10-19(16-25)17-27-15-14-26-4;/h6-9,19H,5,10-17H2,1-4H3,(H,22,23);1H. The molecule has 2 rings (SSSR count). The van der Waals surface area contributed by atoms with Crippen LogP contribution in [0.3, 0.4) is 0 Å². The fraction of sp³-hybridized carbons (Fsp3) is 0.667. The Hall–Kier alpha value is -1.06. The Kier molecular flexibility index (Phi) is 12.5. The molecule has 1 fully saturated rings. The number of aliphatic imine (C=N–C) groups is 1. The minimum Gasteiger partial charge on any atom is -0.382 e. The number of methoxy groups -OCH3 is 1. The van der Waals surface area contributed by atoms with E-state index in [4.69, 9.17) is 9.47 Å². The molecule has 160 valence electrons. The summed E-state index contributed by atoms with van der Waals surface area (Å²) in [5.41, 5.74) is 2.63. The van der Waals surface area contributed by atoms with Gasteiger partial charge in [-0.2, -0.15) is 0 Å². The lowest BCUT2D eigenvalue weighted by molar-refractivity contribution is 0.0536. The van der Waals surface area contributed by atoms with Crippen LogP contribution >= 0.6 is 24.0 Å². The van der Waals surface area contributed by atoms with Gasteiger partial charge in [0.25, 0.3) is 0 Å². The van der Waals surface area contributed by atoms with E-state index in [1.807, 2.05) is 7.05 Å². The van der Waals surface area contributed by atoms with E-state index >= 15 is 0 Å². The van der Waals surface area contributed by atoms with Crippen LogP contribution in [0.5, 0.6) is 0 Å². The van der Waals surface area contributed by atoms with Crippen LogP contribution in [0.2, 0.25) is 0 Å². The van der Waals surface area contributed by atoms with Gasteiger partial charge in [0.05, 0.1) is 19.8 Å². The van der Waals surface area contributed by atoms with Crippen molar-refractivity contribution in [3.8, 4) is 0 Å². The molecule has 7 heteroatoms. The van der Waals surface area contributed by atoms with Crippen molar-refractivity contribution in [2.24, 2.45) is 10.9 Å². The van der Waals surface area contributed by atoms with Gasteiger partial charge in [0.2, 0.25) is 0 Å². The number of halogens is 1. The lowest BCUT2D eigenvalue weighted by Gasteiger charge is -2.27. The molecule has 1 N–H and O–H groups in total. The first-order chi connectivity index (χ1) is 13.2. The number of hydrogen-bond acceptors (Lipinski definition) is 4. The predicted octanol–water partition coefficient (Wildman–Crippen LogP) is 3.00. The minimum absolute atomic E-state index is 0. The number of likely N-dealkylation sites (tertiary alicyclic amines) is 1. The molecule has 0 saturated carbocycles. The summed E-state index contributed by atoms with van der Waals surface area (Å²) in [7, 11) is 3.57. The zero-order chi connectivity index (χ0) is 19.5. The Morgan fingerprint density at radius 3 is 2.79 bits per heavy atom. The molecular weight excluding hydrogens is 467 g/mol. The second-order valence-electron chi connectivity index (χ2n) is 7.01. The number of anilines is 1. The van der Waals surface area contributed by atoms with Gasteiger partial charge in [0.1, 0.15) is 0 Å². The highest BCUT2D eigenvalue weighted by Gasteiger charge is 2.24. The van der Waals surface area contributed by atoms with Crippen LogP contribution < -0.4 is 10.2 Å². The van der Waals surface area contributed by atoms with Crippen LogP contribution in [0.15, 0.2) is 29.3 Å². The van der Waals surface area contributed by atoms with Crippen LogP contribution in [0.25, 0.3) is 0 Å². The largest absolute Gasteiger partial charge is 0.382 e. The molecule has 0 spiro atoms. The number of rotatable bonds is 10. The van der Waals surface area contributed by atoms with Crippen molar-refractivity contribution in [3.63, 3.8) is 0 Å². The first kappa shape index (κ1) is 25.0. The average molecular weight is 504 g/mol. The molecule has 28 heavy (non-hydrogen) atoms. The Morgan fingerprint density at radius 1 is 1.32 bits per heavy atom. The monoisotopic (exact) mass is 504 g/mol. The molecule has 1 aromatic carbocycles. The predicted molar refractivity (Wildman–Crippen MR) is 128 cm³/mol. The second-order valence-corrected chi connectivity index (χ2v) is 7.01. The zero-order valence-corrected chi connectivity index (χ0v) is 20.1. The van der Waals surface area contributed by atoms with Crippen LogP contribution in [0.1, 0.15) is 18.9 Å². The van der Waals surface area contributed by atoms with Gasteiger partial charge in [-0.15, -0.1) is 24.0 Å². The van der Waals surface area contributed by atoms with E-state index in [-0.39, 0.29) is 24.0 Å². The van der Waals surface area contributed by atoms with Crippen molar-refractivity contribution in [2.75, 3.05) is 71.6 Å². The SMILES string of the molecule is CCN(CCNC(=NC)N1CCC(COCCOC)C1)c1ccccc1C.I. The summed E-state index contributed by atoms with van der Waals surface area (Å²) in [5, 5.41) is 3.54. The Morgan fingerprint density at radius 2 is 2.11 bits per heavy atom. The van der Waals surface area contributed by atoms with E-state index in [9.17, 15) is 0 Å². The molecule has 1 unspecified atom stereocenters. The highest BCUT2D eigenvalue weighted by atomic mass is 127. The van der Waals surface area contributed by atoms with E-state index in [1.54, 1.807) is 7.11 Å². The molecule has 1 aromatic rings. The molecule has 6 nitrogen and oxygen atoms in total. The lowest BCUT2D eigenvalue weighted by Crippen LogP contribution is -2.43. The molecule has 1 aliphatic heterocycles. The van der Waals surface area contributed by atoms with Crippen molar-refractivity contribution in [3.05, 3.63) is 29.8 Å². The van der Waals surface area contributed by atoms with E-state index in [1.165, 1.54) is 11.3 Å². The Bertz CT molecular complexity index is 585. The van der Waals surface area contributed by atoms with Gasteiger partial charge in [-0.25, -0.2) is 0 Å². The molecule has 0 bridgehead atoms. The third-order valence-corrected chi connectivity index (χ3v) is 5.09. The number of guanidine groups is 1. The number of hydrogen-bond donors (Lipinski definition) is 1. The summed E-state index contributed by atoms with van der Waals surface area (Å²) >= 11 is 0. The summed E-state index contributed by atoms with van der Waals surface area (Å²) in [6, 6.07) is 8.57. The quantitative estimate of drug-likeness (QED) is 0.230. The van der Waals surface area contributed by atoms with Crippen molar-refractivity contribution in [1.29, 1.82) is 0 Å². The molecular formula is C21H37IN4O2. The normalized spacial score (nSPS) is 16.8. The van der Waals surface area contributed by atoms with Crippen LogP contribution in [-0.4, -0.2) is 77.6 Å². The van der Waals surface area contributed by atoms with Crippen molar-refractivity contribution in [2.45, 2.75) is 20.3 Å². The van der Waals surface area contributed by atoms with Crippen LogP contribution in [-0.2, 0) is 9.47 Å². The number of nitrogens with one attached hydrogen (secondary N) is 1. The van der Waals surface area contributed by atoms with Crippen molar-refractivity contribution < 1.29 is 9.47 Å². The summed E-state index contributed by atoms with van der Waals surface area (Å²) in [6.45, 7) is 11.4. The topological polar surface area (TPSA) is 49.3 Å². The average Bonchev–Trinajstić information content (AvgIpc) is 3.15. The van der Waals surface area contributed by atoms with Gasteiger partial charge in [-0.3, -0.25) is 4.99 Å². The molecule has 0 radical (unpaired) electrons. The lowest BCUT2D eigenvalue weighted by atomic mass is 10.1. The first-order valence-electron chi connectivity index (χ1n) is 10.0. The first-order valence-corrected chi connectivity index (χ1v) is 10.0. The fourth-order valence-corrected chi connectivity index (χ4v) is 3.56. The fourth-order valence-electron chi connectivity index (χ4n) is 3.56. The van der Waals surface area contributed by atoms with Crippen molar-refractivity contribution >= 4 is 35.6 Å². The second kappa shape index (κ2) is 14.0. The van der Waals surface area contributed by atoms with Gasteiger partial charge in [-0.1, -0.05) is 18.2 Å². The number of likely N-dealkylation sites (N-methyl/N-ethyl adjacent to an activating group) is 1. The van der Waals surface area contributed by atoms with Gasteiger partial charge in [0, 0.05) is 58.5 Å². The molecule has 1 atom stereocenters. The smallest absolute Gasteiger partial charge is 0.193 e. The molecule has 0 amide bonds. The van der Waals surface area contributed by atoms with Crippen molar-refractivity contribution in [1.82, 2.24) is 10.2 Å². The van der Waals surface area contributed by atoms with E-state index in [2.05, 4.69) is 58.2 Å². The molecule has 0 aliphatic carbocycles. The van der Waals surface area contributed by atoms with E-state index in [0.717, 1.165) is 51.7 Å². The van der Waals surface area contributed by atoms with Gasteiger partial charge < -0.3 is 24.6 Å². The third kappa shape index (κ3) is 7.75. The molecule has 0 aromatic heterocycles. The molecule has 1 heterocycles. The van der Waals surface area contributed by atoms with Crippen LogP contribution in [0.4, 0.5) is 5.69 Å². The number of ether oxygens (including phenoxy) is 2. The number of benzene rings is 1. The highest BCUT2D eigenvalue weighted by molar-refractivity contribution is 14.0. The number of aryl methyl sites for hydroxylation is 1. The summed E-state index contributed by atoms with van der Waals surface area (Å²) in [5.74, 6) is 1.56. The summed E-state index contributed by atoms with van der Waals surface area (Å²) in [6.07, 6.45) is 1.15. The maximum absolute atomic E-state index is 5.69. The van der Waals surface area contributed by atoms with E-state index in [0.29, 0.717) is 19.1 Å². The number of para-hydroxylation sites is 1. The van der Waals surface area contributed by atoms with Crippen LogP contribution in [0, 0.1) is 12.8 Å². The Balaban J connectivity index is 0.00000392. The summed E-state index contributed by atoms with van der Waals surface area (Å²) < 4.78 is 10.7. The minimum atomic E-state index is 0. The summed E-state index contributed by atoms with van der Waals surface area (Å²) in [4.78, 5) is 9.23. The molecule has 1 saturated heterocycles. The highest BCUT2D eigenvalue weighted by Crippen LogP contribution is 2.19. The maximum Gasteiger partial charge on any atom is 0.193 e.